The van der Waals surface area contributed by atoms with E-state index in [1.54, 1.807) is 24.2 Å². The predicted molar refractivity (Wildman–Crippen MR) is 85.8 cm³/mol. The summed E-state index contributed by atoms with van der Waals surface area (Å²) < 4.78 is 0. The number of likely N-dealkylation sites (tertiary alicyclic amines) is 1. The van der Waals surface area contributed by atoms with Crippen LogP contribution in [-0.2, 0) is 0 Å². The molecular weight excluding hydrogens is 300 g/mol. The van der Waals surface area contributed by atoms with Crippen molar-refractivity contribution < 1.29 is 9.90 Å². The summed E-state index contributed by atoms with van der Waals surface area (Å²) in [7, 11) is 0. The molecule has 3 rings (SSSR count). The van der Waals surface area contributed by atoms with E-state index < -0.39 is 5.60 Å². The molecule has 0 bridgehead atoms. The molecular formula is C17H17ClN2O2. The van der Waals surface area contributed by atoms with Crippen molar-refractivity contribution >= 4 is 17.5 Å². The summed E-state index contributed by atoms with van der Waals surface area (Å²) in [6.07, 6.45) is 3.89. The Morgan fingerprint density at radius 3 is 2.64 bits per heavy atom. The van der Waals surface area contributed by atoms with Gasteiger partial charge < -0.3 is 10.0 Å². The van der Waals surface area contributed by atoms with Crippen LogP contribution in [0.4, 0.5) is 0 Å². The van der Waals surface area contributed by atoms with E-state index >= 15 is 0 Å². The third-order valence-corrected chi connectivity index (χ3v) is 4.15. The van der Waals surface area contributed by atoms with Crippen molar-refractivity contribution in [1.82, 2.24) is 9.88 Å². The second kappa shape index (κ2) is 5.71. The Labute approximate surface area is 134 Å². The number of β-amino-alcohol motifs (C(OH)–C–C–N with tert-alkyl or cyclic N) is 1. The molecule has 1 aromatic heterocycles. The van der Waals surface area contributed by atoms with Gasteiger partial charge in [-0.05, 0) is 37.1 Å². The SMILES string of the molecule is CC1(O)CCN(C(=O)c2cncc(-c3ccc(Cl)cc3)c2)C1. The smallest absolute Gasteiger partial charge is 0.255 e. The van der Waals surface area contributed by atoms with E-state index in [-0.39, 0.29) is 5.91 Å². The van der Waals surface area contributed by atoms with Crippen molar-refractivity contribution in [3.8, 4) is 11.1 Å². The molecule has 1 atom stereocenters. The standard InChI is InChI=1S/C17H17ClN2O2/c1-17(22)6-7-20(11-17)16(21)14-8-13(9-19-10-14)12-2-4-15(18)5-3-12/h2-5,8-10,22H,6-7,11H2,1H3. The normalized spacial score (nSPS) is 21.1. The summed E-state index contributed by atoms with van der Waals surface area (Å²) in [6.45, 7) is 2.68. The highest BCUT2D eigenvalue weighted by Gasteiger charge is 2.34. The molecule has 0 aliphatic carbocycles. The molecule has 114 valence electrons. The number of carbonyl (C=O) groups excluding carboxylic acids is 1. The van der Waals surface area contributed by atoms with E-state index in [2.05, 4.69) is 4.98 Å². The number of hydrogen-bond donors (Lipinski definition) is 1. The van der Waals surface area contributed by atoms with E-state index in [0.29, 0.717) is 30.1 Å². The van der Waals surface area contributed by atoms with E-state index in [4.69, 9.17) is 11.6 Å². The topological polar surface area (TPSA) is 53.4 Å². The number of aromatic nitrogens is 1. The maximum Gasteiger partial charge on any atom is 0.255 e. The first-order valence-electron chi connectivity index (χ1n) is 7.17. The lowest BCUT2D eigenvalue weighted by Gasteiger charge is -2.19. The third-order valence-electron chi connectivity index (χ3n) is 3.90. The van der Waals surface area contributed by atoms with Crippen molar-refractivity contribution in [1.29, 1.82) is 0 Å². The molecule has 4 nitrogen and oxygen atoms in total. The summed E-state index contributed by atoms with van der Waals surface area (Å²) in [5.74, 6) is -0.0962. The molecule has 5 heteroatoms. The first kappa shape index (κ1) is 15.0. The van der Waals surface area contributed by atoms with Crippen LogP contribution in [0.5, 0.6) is 0 Å². The van der Waals surface area contributed by atoms with Gasteiger partial charge in [0, 0.05) is 36.1 Å². The van der Waals surface area contributed by atoms with Crippen LogP contribution in [0.3, 0.4) is 0 Å². The number of amides is 1. The maximum absolute atomic E-state index is 12.5. The monoisotopic (exact) mass is 316 g/mol. The fraction of sp³-hybridized carbons (Fsp3) is 0.294. The number of rotatable bonds is 2. The van der Waals surface area contributed by atoms with Crippen molar-refractivity contribution in [3.63, 3.8) is 0 Å². The molecule has 0 radical (unpaired) electrons. The fourth-order valence-electron chi connectivity index (χ4n) is 2.66. The Bertz CT molecular complexity index is 698. The molecule has 1 N–H and O–H groups in total. The predicted octanol–water partition coefficient (Wildman–Crippen LogP) is 3.00. The fourth-order valence-corrected chi connectivity index (χ4v) is 2.78. The number of benzene rings is 1. The zero-order chi connectivity index (χ0) is 15.7. The lowest BCUT2D eigenvalue weighted by atomic mass is 10.1. The molecule has 1 aliphatic rings. The molecule has 1 aromatic carbocycles. The molecule has 2 heterocycles. The van der Waals surface area contributed by atoms with Crippen molar-refractivity contribution in [3.05, 3.63) is 53.3 Å². The average molecular weight is 317 g/mol. The summed E-state index contributed by atoms with van der Waals surface area (Å²) >= 11 is 5.89. The van der Waals surface area contributed by atoms with Gasteiger partial charge in [0.05, 0.1) is 11.2 Å². The highest BCUT2D eigenvalue weighted by molar-refractivity contribution is 6.30. The average Bonchev–Trinajstić information content (AvgIpc) is 2.87. The van der Waals surface area contributed by atoms with Gasteiger partial charge in [0.1, 0.15) is 0 Å². The number of nitrogens with zero attached hydrogens (tertiary/aromatic N) is 2. The van der Waals surface area contributed by atoms with Crippen LogP contribution in [0.25, 0.3) is 11.1 Å². The van der Waals surface area contributed by atoms with Crippen LogP contribution in [-0.4, -0.2) is 39.6 Å². The first-order chi connectivity index (χ1) is 10.4. The molecule has 0 saturated carbocycles. The van der Waals surface area contributed by atoms with Crippen LogP contribution >= 0.6 is 11.6 Å². The second-order valence-electron chi connectivity index (χ2n) is 5.94. The lowest BCUT2D eigenvalue weighted by Crippen LogP contribution is -2.33. The van der Waals surface area contributed by atoms with Crippen LogP contribution in [0.1, 0.15) is 23.7 Å². The van der Waals surface area contributed by atoms with Crippen LogP contribution in [0.2, 0.25) is 5.02 Å². The summed E-state index contributed by atoms with van der Waals surface area (Å²) in [6, 6.07) is 9.24. The van der Waals surface area contributed by atoms with E-state index in [9.17, 15) is 9.90 Å². The van der Waals surface area contributed by atoms with E-state index in [0.717, 1.165) is 11.1 Å². The van der Waals surface area contributed by atoms with Gasteiger partial charge in [-0.15, -0.1) is 0 Å². The van der Waals surface area contributed by atoms with Crippen LogP contribution in [0, 0.1) is 0 Å². The molecule has 1 unspecified atom stereocenters. The molecule has 2 aromatic rings. The van der Waals surface area contributed by atoms with Crippen molar-refractivity contribution in [2.45, 2.75) is 18.9 Å². The molecule has 1 amide bonds. The van der Waals surface area contributed by atoms with Gasteiger partial charge in [0.2, 0.25) is 0 Å². The zero-order valence-electron chi connectivity index (χ0n) is 12.3. The summed E-state index contributed by atoms with van der Waals surface area (Å²) in [4.78, 5) is 18.4. The molecule has 1 saturated heterocycles. The maximum atomic E-state index is 12.5. The minimum absolute atomic E-state index is 0.0962. The number of pyridine rings is 1. The minimum Gasteiger partial charge on any atom is -0.388 e. The minimum atomic E-state index is -0.795. The van der Waals surface area contributed by atoms with Gasteiger partial charge in [-0.3, -0.25) is 9.78 Å². The molecule has 22 heavy (non-hydrogen) atoms. The van der Waals surface area contributed by atoms with Gasteiger partial charge in [-0.25, -0.2) is 0 Å². The summed E-state index contributed by atoms with van der Waals surface area (Å²) in [5.41, 5.74) is 1.57. The number of hydrogen-bond acceptors (Lipinski definition) is 3. The third kappa shape index (κ3) is 3.13. The van der Waals surface area contributed by atoms with Crippen LogP contribution < -0.4 is 0 Å². The second-order valence-corrected chi connectivity index (χ2v) is 6.38. The highest BCUT2D eigenvalue weighted by Crippen LogP contribution is 2.25. The lowest BCUT2D eigenvalue weighted by molar-refractivity contribution is 0.0572. The summed E-state index contributed by atoms with van der Waals surface area (Å²) in [5, 5.41) is 10.7. The van der Waals surface area contributed by atoms with Crippen LogP contribution in [0.15, 0.2) is 42.7 Å². The Hall–Kier alpha value is -1.91. The van der Waals surface area contributed by atoms with Crippen molar-refractivity contribution in [2.24, 2.45) is 0 Å². The number of carbonyl (C=O) groups is 1. The Morgan fingerprint density at radius 2 is 2.00 bits per heavy atom. The molecule has 0 spiro atoms. The molecule has 1 aliphatic heterocycles. The van der Waals surface area contributed by atoms with Gasteiger partial charge in [-0.2, -0.15) is 0 Å². The van der Waals surface area contributed by atoms with Gasteiger partial charge in [0.25, 0.3) is 5.91 Å². The van der Waals surface area contributed by atoms with E-state index in [1.165, 1.54) is 0 Å². The number of halogens is 1. The Morgan fingerprint density at radius 1 is 1.27 bits per heavy atom. The van der Waals surface area contributed by atoms with Gasteiger partial charge in [-0.1, -0.05) is 23.7 Å². The van der Waals surface area contributed by atoms with E-state index in [1.807, 2.05) is 30.3 Å². The van der Waals surface area contributed by atoms with Gasteiger partial charge >= 0.3 is 0 Å². The zero-order valence-corrected chi connectivity index (χ0v) is 13.0. The Balaban J connectivity index is 1.85. The first-order valence-corrected chi connectivity index (χ1v) is 7.55. The quantitative estimate of drug-likeness (QED) is 0.926. The van der Waals surface area contributed by atoms with Crippen molar-refractivity contribution in [2.75, 3.05) is 13.1 Å². The number of aliphatic hydroxyl groups is 1. The largest absolute Gasteiger partial charge is 0.388 e. The molecule has 1 fully saturated rings. The highest BCUT2D eigenvalue weighted by atomic mass is 35.5. The Kier molecular flexibility index (Phi) is 3.89. The van der Waals surface area contributed by atoms with Gasteiger partial charge in [0.15, 0.2) is 0 Å².